The van der Waals surface area contributed by atoms with E-state index in [1.165, 1.54) is 30.3 Å². The lowest BCUT2D eigenvalue weighted by Gasteiger charge is -1.97. The number of allylic oxidation sites excluding steroid dienone is 4. The highest BCUT2D eigenvalue weighted by Crippen LogP contribution is 2.09. The zero-order valence-corrected chi connectivity index (χ0v) is 18.0. The van der Waals surface area contributed by atoms with E-state index in [4.69, 9.17) is 9.84 Å². The smallest absolute Gasteiger partial charge is 0.330 e. The quantitative estimate of drug-likeness (QED) is 0.293. The molecule has 32 heavy (non-hydrogen) atoms. The summed E-state index contributed by atoms with van der Waals surface area (Å²) in [6.07, 6.45) is 10.3. The fourth-order valence-electron chi connectivity index (χ4n) is 2.37. The van der Waals surface area contributed by atoms with Crippen molar-refractivity contribution in [1.82, 2.24) is 0 Å². The molecule has 0 spiro atoms. The van der Waals surface area contributed by atoms with Crippen molar-refractivity contribution in [3.63, 3.8) is 0 Å². The summed E-state index contributed by atoms with van der Waals surface area (Å²) in [6.45, 7) is 5.94. The summed E-state index contributed by atoms with van der Waals surface area (Å²) < 4.78 is 30.0. The van der Waals surface area contributed by atoms with E-state index in [0.29, 0.717) is 6.61 Å². The highest BCUT2D eigenvalue weighted by molar-refractivity contribution is 5.82. The number of carbonyl (C=O) groups excluding carboxylic acids is 1. The van der Waals surface area contributed by atoms with Gasteiger partial charge in [-0.15, -0.1) is 0 Å². The van der Waals surface area contributed by atoms with Gasteiger partial charge in [-0.2, -0.15) is 0 Å². The number of hydrogen-bond donors (Lipinski definition) is 1. The predicted octanol–water partition coefficient (Wildman–Crippen LogP) is 6.76. The summed E-state index contributed by atoms with van der Waals surface area (Å²) in [7, 11) is 0. The molecule has 0 bridgehead atoms. The van der Waals surface area contributed by atoms with Crippen molar-refractivity contribution in [3.05, 3.63) is 107 Å². The first-order chi connectivity index (χ1) is 14.8. The molecule has 0 saturated heterocycles. The maximum Gasteiger partial charge on any atom is 0.330 e. The number of ether oxygens (including phenoxy) is 1. The molecule has 0 saturated carbocycles. The second-order valence-electron chi connectivity index (χ2n) is 6.55. The van der Waals surface area contributed by atoms with E-state index in [-0.39, 0.29) is 31.6 Å². The summed E-state index contributed by atoms with van der Waals surface area (Å²) in [5.41, 5.74) is 3.75. The van der Waals surface area contributed by atoms with Gasteiger partial charge in [-0.05, 0) is 56.2 Å². The van der Waals surface area contributed by atoms with Crippen LogP contribution in [0, 0.1) is 11.6 Å². The van der Waals surface area contributed by atoms with Crippen LogP contribution in [0.15, 0.2) is 84.0 Å². The van der Waals surface area contributed by atoms with Crippen LogP contribution in [0.25, 0.3) is 12.2 Å². The normalized spacial score (nSPS) is 11.7. The van der Waals surface area contributed by atoms with Crippen LogP contribution < -0.4 is 0 Å². The number of benzene rings is 2. The molecular formula is C27H32F2O3. The van der Waals surface area contributed by atoms with Gasteiger partial charge in [0.25, 0.3) is 0 Å². The van der Waals surface area contributed by atoms with Crippen molar-refractivity contribution in [3.8, 4) is 0 Å². The molecule has 0 aliphatic carbocycles. The van der Waals surface area contributed by atoms with Crippen molar-refractivity contribution in [1.29, 1.82) is 0 Å². The number of esters is 1. The molecule has 0 amide bonds. The zero-order chi connectivity index (χ0) is 23.1. The molecule has 0 aliphatic rings. The lowest BCUT2D eigenvalue weighted by atomic mass is 10.1. The van der Waals surface area contributed by atoms with Crippen molar-refractivity contribution in [2.45, 2.75) is 28.2 Å². The summed E-state index contributed by atoms with van der Waals surface area (Å²) >= 11 is 0. The monoisotopic (exact) mass is 442 g/mol. The highest BCUT2D eigenvalue weighted by Gasteiger charge is 1.94. The fourth-order valence-corrected chi connectivity index (χ4v) is 2.37. The summed E-state index contributed by atoms with van der Waals surface area (Å²) in [5, 5.41) is 8.55. The lowest BCUT2D eigenvalue weighted by Crippen LogP contribution is -1.98. The van der Waals surface area contributed by atoms with Gasteiger partial charge in [0.05, 0.1) is 13.2 Å². The Morgan fingerprint density at radius 3 is 1.69 bits per heavy atom. The van der Waals surface area contributed by atoms with E-state index in [1.54, 1.807) is 43.3 Å². The van der Waals surface area contributed by atoms with Crippen LogP contribution >= 0.6 is 0 Å². The van der Waals surface area contributed by atoms with Gasteiger partial charge in [0.15, 0.2) is 0 Å². The standard InChI is InChI=1S/C14H15FO2.C12H13FO.CH4/c1-3-17-14(16)9-4-11(2)10-12-5-7-13(15)8-6-12;1-10(3-2-8-14)9-11-4-6-12(13)7-5-11;/h4-10H,3H2,1-2H3;2-7,9,14H,8H2,1H3;1H4/b9-4+,11-10+;3-2+,10-9+;. The lowest BCUT2D eigenvalue weighted by molar-refractivity contribution is -0.137. The third kappa shape index (κ3) is 13.1. The van der Waals surface area contributed by atoms with Gasteiger partial charge in [0.2, 0.25) is 0 Å². The average molecular weight is 443 g/mol. The Hall–Kier alpha value is -3.31. The van der Waals surface area contributed by atoms with Gasteiger partial charge < -0.3 is 9.84 Å². The zero-order valence-electron chi connectivity index (χ0n) is 18.0. The van der Waals surface area contributed by atoms with Crippen molar-refractivity contribution >= 4 is 18.1 Å². The topological polar surface area (TPSA) is 46.5 Å². The number of aliphatic hydroxyl groups excluding tert-OH is 1. The molecule has 0 atom stereocenters. The minimum absolute atomic E-state index is 0. The molecule has 3 nitrogen and oxygen atoms in total. The van der Waals surface area contributed by atoms with Gasteiger partial charge in [0, 0.05) is 6.08 Å². The van der Waals surface area contributed by atoms with Gasteiger partial charge in [-0.25, -0.2) is 13.6 Å². The van der Waals surface area contributed by atoms with Crippen molar-refractivity contribution < 1.29 is 23.4 Å². The molecule has 5 heteroatoms. The van der Waals surface area contributed by atoms with E-state index in [1.807, 2.05) is 32.1 Å². The number of aliphatic hydroxyl groups is 1. The summed E-state index contributed by atoms with van der Waals surface area (Å²) in [6, 6.07) is 12.4. The Morgan fingerprint density at radius 1 is 0.844 bits per heavy atom. The fraction of sp³-hybridized carbons (Fsp3) is 0.222. The average Bonchev–Trinajstić information content (AvgIpc) is 2.75. The SMILES string of the molecule is C.CC(/C=C/CO)=C\c1ccc(F)cc1.CCOC(=O)/C=C/C(C)=C/c1ccc(F)cc1. The molecule has 0 aliphatic heterocycles. The largest absolute Gasteiger partial charge is 0.463 e. The van der Waals surface area contributed by atoms with Crippen LogP contribution in [-0.2, 0) is 9.53 Å². The van der Waals surface area contributed by atoms with E-state index in [0.717, 1.165) is 22.3 Å². The van der Waals surface area contributed by atoms with Crippen LogP contribution in [0.5, 0.6) is 0 Å². The third-order valence-electron chi connectivity index (χ3n) is 3.78. The number of carbonyl (C=O) groups is 1. The number of rotatable bonds is 7. The van der Waals surface area contributed by atoms with Gasteiger partial charge >= 0.3 is 5.97 Å². The summed E-state index contributed by atoms with van der Waals surface area (Å²) in [5.74, 6) is -0.855. The Bertz CT molecular complexity index is 922. The molecule has 0 unspecified atom stereocenters. The first-order valence-electron chi connectivity index (χ1n) is 9.84. The van der Waals surface area contributed by atoms with Crippen LogP contribution in [0.2, 0.25) is 0 Å². The third-order valence-corrected chi connectivity index (χ3v) is 3.78. The molecule has 0 fully saturated rings. The Balaban J connectivity index is 0.000000592. The van der Waals surface area contributed by atoms with E-state index in [2.05, 4.69) is 0 Å². The van der Waals surface area contributed by atoms with E-state index >= 15 is 0 Å². The van der Waals surface area contributed by atoms with Crippen LogP contribution in [0.4, 0.5) is 8.78 Å². The number of hydrogen-bond acceptors (Lipinski definition) is 3. The molecular weight excluding hydrogens is 410 g/mol. The molecule has 2 rings (SSSR count). The second-order valence-corrected chi connectivity index (χ2v) is 6.55. The van der Waals surface area contributed by atoms with Crippen molar-refractivity contribution in [2.24, 2.45) is 0 Å². The second kappa shape index (κ2) is 16.4. The first kappa shape index (κ1) is 28.7. The van der Waals surface area contributed by atoms with Crippen LogP contribution in [0.1, 0.15) is 39.3 Å². The molecule has 1 N–H and O–H groups in total. The minimum atomic E-state index is -0.362. The Kier molecular flexibility index (Phi) is 14.7. The Labute approximate surface area is 190 Å². The molecule has 172 valence electrons. The maximum absolute atomic E-state index is 12.7. The molecule has 2 aromatic carbocycles. The van der Waals surface area contributed by atoms with Gasteiger partial charge in [-0.3, -0.25) is 0 Å². The maximum atomic E-state index is 12.7. The summed E-state index contributed by atoms with van der Waals surface area (Å²) in [4.78, 5) is 11.1. The van der Waals surface area contributed by atoms with E-state index < -0.39 is 0 Å². The Morgan fingerprint density at radius 2 is 1.28 bits per heavy atom. The van der Waals surface area contributed by atoms with Crippen molar-refractivity contribution in [2.75, 3.05) is 13.2 Å². The van der Waals surface area contributed by atoms with E-state index in [9.17, 15) is 13.6 Å². The van der Waals surface area contributed by atoms with Crippen LogP contribution in [0.3, 0.4) is 0 Å². The minimum Gasteiger partial charge on any atom is -0.463 e. The molecule has 0 aromatic heterocycles. The molecule has 0 heterocycles. The molecule has 0 radical (unpaired) electrons. The highest BCUT2D eigenvalue weighted by atomic mass is 19.1. The molecule has 2 aromatic rings. The number of halogens is 2. The first-order valence-corrected chi connectivity index (χ1v) is 9.84. The predicted molar refractivity (Wildman–Crippen MR) is 129 cm³/mol. The van der Waals surface area contributed by atoms with Gasteiger partial charge in [0.1, 0.15) is 11.6 Å². The van der Waals surface area contributed by atoms with Crippen LogP contribution in [-0.4, -0.2) is 24.3 Å². The van der Waals surface area contributed by atoms with Gasteiger partial charge in [-0.1, -0.05) is 73.2 Å².